The Balaban J connectivity index is 1.97. The average molecular weight is 389 g/mol. The maximum Gasteiger partial charge on any atom is 0.262 e. The molecular formula is C15H12BrCl2NO2. The minimum atomic E-state index is -0.267. The van der Waals surface area contributed by atoms with Crippen LogP contribution in [0.5, 0.6) is 5.75 Å². The Bertz CT molecular complexity index is 636. The van der Waals surface area contributed by atoms with Crippen molar-refractivity contribution in [3.8, 4) is 5.75 Å². The third-order valence-electron chi connectivity index (χ3n) is 2.65. The molecule has 2 aromatic carbocycles. The van der Waals surface area contributed by atoms with Crippen LogP contribution in [0.1, 0.15) is 5.56 Å². The van der Waals surface area contributed by atoms with Crippen LogP contribution in [-0.2, 0) is 4.79 Å². The number of ether oxygens (including phenoxy) is 1. The molecule has 1 amide bonds. The van der Waals surface area contributed by atoms with Crippen molar-refractivity contribution in [2.75, 3.05) is 11.9 Å². The summed E-state index contributed by atoms with van der Waals surface area (Å²) in [6, 6.07) is 10.7. The number of halogens is 3. The number of anilines is 1. The first-order valence-electron chi connectivity index (χ1n) is 6.09. The van der Waals surface area contributed by atoms with Crippen molar-refractivity contribution in [1.82, 2.24) is 0 Å². The highest BCUT2D eigenvalue weighted by Crippen LogP contribution is 2.35. The summed E-state index contributed by atoms with van der Waals surface area (Å²) >= 11 is 15.2. The van der Waals surface area contributed by atoms with Crippen molar-refractivity contribution in [3.63, 3.8) is 0 Å². The van der Waals surface area contributed by atoms with Gasteiger partial charge in [-0.25, -0.2) is 0 Å². The van der Waals surface area contributed by atoms with Crippen LogP contribution >= 0.6 is 39.1 Å². The number of carbonyl (C=O) groups excluding carboxylic acids is 1. The molecule has 1 N–H and O–H groups in total. The van der Waals surface area contributed by atoms with E-state index in [1.807, 2.05) is 31.2 Å². The maximum absolute atomic E-state index is 11.8. The summed E-state index contributed by atoms with van der Waals surface area (Å²) in [6.07, 6.45) is 0. The molecule has 21 heavy (non-hydrogen) atoms. The molecule has 0 atom stereocenters. The molecule has 0 aromatic heterocycles. The lowest BCUT2D eigenvalue weighted by Gasteiger charge is -2.11. The third-order valence-corrected chi connectivity index (χ3v) is 3.73. The van der Waals surface area contributed by atoms with Crippen LogP contribution < -0.4 is 10.1 Å². The molecule has 0 unspecified atom stereocenters. The van der Waals surface area contributed by atoms with E-state index in [2.05, 4.69) is 21.2 Å². The number of amides is 1. The molecule has 0 aliphatic carbocycles. The van der Waals surface area contributed by atoms with Crippen LogP contribution in [0, 0.1) is 6.92 Å². The van der Waals surface area contributed by atoms with Gasteiger partial charge in [0.1, 0.15) is 0 Å². The van der Waals surface area contributed by atoms with Gasteiger partial charge in [0, 0.05) is 10.7 Å². The summed E-state index contributed by atoms with van der Waals surface area (Å²) in [5.74, 6) is 0.122. The van der Waals surface area contributed by atoms with Gasteiger partial charge in [0.05, 0.1) is 9.50 Å². The standard InChI is InChI=1S/C15H12BrCl2NO2/c1-9-2-4-11(5-3-9)19-14(20)8-21-15-12(16)6-10(17)7-13(15)18/h2-7H,8H2,1H3,(H,19,20). The second kappa shape index (κ2) is 7.16. The lowest BCUT2D eigenvalue weighted by Crippen LogP contribution is -2.20. The van der Waals surface area contributed by atoms with E-state index < -0.39 is 0 Å². The van der Waals surface area contributed by atoms with Gasteiger partial charge in [0.15, 0.2) is 12.4 Å². The highest BCUT2D eigenvalue weighted by atomic mass is 79.9. The molecule has 2 rings (SSSR count). The number of aryl methyl sites for hydroxylation is 1. The Kier molecular flexibility index (Phi) is 5.51. The molecule has 0 heterocycles. The SMILES string of the molecule is Cc1ccc(NC(=O)COc2c(Cl)cc(Cl)cc2Br)cc1. The van der Waals surface area contributed by atoms with E-state index in [9.17, 15) is 4.79 Å². The zero-order valence-electron chi connectivity index (χ0n) is 11.1. The molecule has 0 saturated carbocycles. The highest BCUT2D eigenvalue weighted by Gasteiger charge is 2.11. The Morgan fingerprint density at radius 2 is 1.90 bits per heavy atom. The summed E-state index contributed by atoms with van der Waals surface area (Å²) in [7, 11) is 0. The van der Waals surface area contributed by atoms with E-state index in [-0.39, 0.29) is 12.5 Å². The first-order valence-corrected chi connectivity index (χ1v) is 7.64. The minimum Gasteiger partial charge on any atom is -0.481 e. The summed E-state index contributed by atoms with van der Waals surface area (Å²) in [4.78, 5) is 11.8. The van der Waals surface area contributed by atoms with Crippen molar-refractivity contribution < 1.29 is 9.53 Å². The van der Waals surface area contributed by atoms with Crippen LogP contribution in [-0.4, -0.2) is 12.5 Å². The highest BCUT2D eigenvalue weighted by molar-refractivity contribution is 9.10. The Labute approximate surface area is 141 Å². The topological polar surface area (TPSA) is 38.3 Å². The maximum atomic E-state index is 11.8. The minimum absolute atomic E-state index is 0.145. The molecule has 0 bridgehead atoms. The fourth-order valence-electron chi connectivity index (χ4n) is 1.64. The number of hydrogen-bond acceptors (Lipinski definition) is 2. The fraction of sp³-hybridized carbons (Fsp3) is 0.133. The molecular weight excluding hydrogens is 377 g/mol. The summed E-state index contributed by atoms with van der Waals surface area (Å²) in [5, 5.41) is 3.58. The normalized spacial score (nSPS) is 10.3. The van der Waals surface area contributed by atoms with Crippen LogP contribution in [0.25, 0.3) is 0 Å². The Morgan fingerprint density at radius 3 is 2.52 bits per heavy atom. The van der Waals surface area contributed by atoms with Gasteiger partial charge in [-0.05, 0) is 47.1 Å². The van der Waals surface area contributed by atoms with Gasteiger partial charge in [-0.15, -0.1) is 0 Å². The lowest BCUT2D eigenvalue weighted by molar-refractivity contribution is -0.118. The van der Waals surface area contributed by atoms with Gasteiger partial charge in [0.2, 0.25) is 0 Å². The molecule has 2 aromatic rings. The molecule has 6 heteroatoms. The Morgan fingerprint density at radius 1 is 1.24 bits per heavy atom. The van der Waals surface area contributed by atoms with E-state index in [1.54, 1.807) is 12.1 Å². The van der Waals surface area contributed by atoms with Crippen molar-refractivity contribution in [2.24, 2.45) is 0 Å². The van der Waals surface area contributed by atoms with Crippen LogP contribution in [0.3, 0.4) is 0 Å². The van der Waals surface area contributed by atoms with Gasteiger partial charge in [-0.1, -0.05) is 40.9 Å². The molecule has 0 radical (unpaired) electrons. The lowest BCUT2D eigenvalue weighted by atomic mass is 10.2. The number of carbonyl (C=O) groups is 1. The van der Waals surface area contributed by atoms with Crippen LogP contribution in [0.2, 0.25) is 10.0 Å². The largest absolute Gasteiger partial charge is 0.481 e. The Hall–Kier alpha value is -1.23. The second-order valence-electron chi connectivity index (χ2n) is 4.40. The number of nitrogens with one attached hydrogen (secondary N) is 1. The monoisotopic (exact) mass is 387 g/mol. The average Bonchev–Trinajstić information content (AvgIpc) is 2.40. The first-order chi connectivity index (χ1) is 9.95. The van der Waals surface area contributed by atoms with E-state index in [1.165, 1.54) is 0 Å². The van der Waals surface area contributed by atoms with Gasteiger partial charge < -0.3 is 10.1 Å². The first kappa shape index (κ1) is 16.1. The van der Waals surface area contributed by atoms with Crippen molar-refractivity contribution in [1.29, 1.82) is 0 Å². The number of benzene rings is 2. The second-order valence-corrected chi connectivity index (χ2v) is 6.10. The predicted molar refractivity (Wildman–Crippen MR) is 89.5 cm³/mol. The van der Waals surface area contributed by atoms with Gasteiger partial charge >= 0.3 is 0 Å². The summed E-state index contributed by atoms with van der Waals surface area (Å²) < 4.78 is 6.03. The van der Waals surface area contributed by atoms with E-state index in [0.717, 1.165) is 11.3 Å². The number of rotatable bonds is 4. The van der Waals surface area contributed by atoms with Crippen molar-refractivity contribution >= 4 is 50.7 Å². The van der Waals surface area contributed by atoms with Gasteiger partial charge in [-0.2, -0.15) is 0 Å². The van der Waals surface area contributed by atoms with E-state index >= 15 is 0 Å². The molecule has 110 valence electrons. The van der Waals surface area contributed by atoms with Gasteiger partial charge in [-0.3, -0.25) is 4.79 Å². The van der Waals surface area contributed by atoms with Crippen LogP contribution in [0.4, 0.5) is 5.69 Å². The molecule has 0 aliphatic rings. The summed E-state index contributed by atoms with van der Waals surface area (Å²) in [5.41, 5.74) is 1.84. The van der Waals surface area contributed by atoms with Gasteiger partial charge in [0.25, 0.3) is 5.91 Å². The number of hydrogen-bond donors (Lipinski definition) is 1. The smallest absolute Gasteiger partial charge is 0.262 e. The fourth-order valence-corrected chi connectivity index (χ4v) is 3.01. The summed E-state index contributed by atoms with van der Waals surface area (Å²) in [6.45, 7) is 1.84. The molecule has 0 saturated heterocycles. The molecule has 0 spiro atoms. The van der Waals surface area contributed by atoms with Crippen LogP contribution in [0.15, 0.2) is 40.9 Å². The van der Waals surface area contributed by atoms with Crippen molar-refractivity contribution in [3.05, 3.63) is 56.5 Å². The molecule has 0 aliphatic heterocycles. The molecule has 0 fully saturated rings. The zero-order valence-corrected chi connectivity index (χ0v) is 14.2. The van der Waals surface area contributed by atoms with Crippen molar-refractivity contribution in [2.45, 2.75) is 6.92 Å². The third kappa shape index (κ3) is 4.63. The quantitative estimate of drug-likeness (QED) is 0.792. The predicted octanol–water partition coefficient (Wildman–Crippen LogP) is 5.08. The molecule has 3 nitrogen and oxygen atoms in total. The van der Waals surface area contributed by atoms with E-state index in [0.29, 0.717) is 20.3 Å². The zero-order chi connectivity index (χ0) is 15.4. The van der Waals surface area contributed by atoms with E-state index in [4.69, 9.17) is 27.9 Å².